The number of nitrogens with zero attached hydrogens (tertiary/aromatic N) is 2. The maximum absolute atomic E-state index is 12.5. The summed E-state index contributed by atoms with van der Waals surface area (Å²) in [6, 6.07) is 2.61. The lowest BCUT2D eigenvalue weighted by atomic mass is 10.1. The Hall–Kier alpha value is -1.58. The van der Waals surface area contributed by atoms with Crippen molar-refractivity contribution in [1.82, 2.24) is 9.55 Å². The zero-order chi connectivity index (χ0) is 18.2. The van der Waals surface area contributed by atoms with Crippen LogP contribution in [-0.4, -0.2) is 29.0 Å². The molecule has 0 bridgehead atoms. The van der Waals surface area contributed by atoms with Crippen molar-refractivity contribution in [1.29, 1.82) is 0 Å². The molecule has 1 aliphatic rings. The summed E-state index contributed by atoms with van der Waals surface area (Å²) in [5.74, 6) is -0.712. The van der Waals surface area contributed by atoms with Crippen LogP contribution in [0.25, 0.3) is 0 Å². The Labute approximate surface area is 158 Å². The van der Waals surface area contributed by atoms with E-state index in [0.717, 1.165) is 25.7 Å². The molecule has 0 unspecified atom stereocenters. The predicted octanol–water partition coefficient (Wildman–Crippen LogP) is 3.64. The second-order valence-electron chi connectivity index (χ2n) is 5.83. The average Bonchev–Trinajstić information content (AvgIpc) is 3.21. The van der Waals surface area contributed by atoms with Crippen LogP contribution in [0, 0.1) is 5.92 Å². The maximum Gasteiger partial charge on any atom is 0.266 e. The molecule has 3 rings (SSSR count). The van der Waals surface area contributed by atoms with Gasteiger partial charge in [0.2, 0.25) is 5.91 Å². The second-order valence-corrected chi connectivity index (χ2v) is 8.80. The highest BCUT2D eigenvalue weighted by atomic mass is 79.9. The van der Waals surface area contributed by atoms with Gasteiger partial charge in [0.05, 0.1) is 11.2 Å². The first-order chi connectivity index (χ1) is 11.8. The maximum atomic E-state index is 12.5. The molecule has 1 aromatic heterocycles. The number of carbonyl (C=O) groups excluding carboxylic acids is 1. The van der Waals surface area contributed by atoms with Gasteiger partial charge in [0.15, 0.2) is 11.6 Å². The molecule has 2 N–H and O–H groups in total. The highest BCUT2D eigenvalue weighted by molar-refractivity contribution is 9.10. The first-order valence-corrected chi connectivity index (χ1v) is 10.2. The minimum Gasteiger partial charge on any atom is -0.505 e. The monoisotopic (exact) mass is 447 g/mol. The molecule has 1 aromatic carbocycles. The van der Waals surface area contributed by atoms with Crippen LogP contribution in [0.1, 0.15) is 30.5 Å². The quantitative estimate of drug-likeness (QED) is 0.743. The molecule has 0 saturated heterocycles. The minimum atomic E-state index is -4.12. The van der Waals surface area contributed by atoms with E-state index < -0.39 is 15.8 Å². The number of aromatic nitrogens is 2. The van der Waals surface area contributed by atoms with Crippen molar-refractivity contribution in [3.63, 3.8) is 0 Å². The molecule has 1 heterocycles. The number of phenols is 1. The normalized spacial score (nSPS) is 15.4. The summed E-state index contributed by atoms with van der Waals surface area (Å²) in [7, 11) is -4.12. The van der Waals surface area contributed by atoms with Gasteiger partial charge in [0.1, 0.15) is 11.2 Å². The van der Waals surface area contributed by atoms with Gasteiger partial charge in [-0.1, -0.05) is 40.4 Å². The van der Waals surface area contributed by atoms with Gasteiger partial charge in [-0.05, 0) is 25.0 Å². The lowest BCUT2D eigenvalue weighted by Crippen LogP contribution is -2.18. The van der Waals surface area contributed by atoms with Crippen LogP contribution in [0.4, 0.5) is 5.82 Å². The van der Waals surface area contributed by atoms with Crippen LogP contribution in [-0.2, 0) is 10.0 Å². The summed E-state index contributed by atoms with van der Waals surface area (Å²) in [4.78, 5) is 15.9. The molecular weight excluding hydrogens is 434 g/mol. The molecule has 0 radical (unpaired) electrons. The molecule has 0 atom stereocenters. The number of anilines is 1. The van der Waals surface area contributed by atoms with E-state index in [1.54, 1.807) is 0 Å². The predicted molar refractivity (Wildman–Crippen MR) is 96.4 cm³/mol. The Morgan fingerprint density at radius 2 is 2.04 bits per heavy atom. The number of halogens is 2. The molecule has 10 heteroatoms. The Morgan fingerprint density at radius 1 is 1.36 bits per heavy atom. The van der Waals surface area contributed by atoms with E-state index in [1.807, 2.05) is 0 Å². The summed E-state index contributed by atoms with van der Waals surface area (Å²) in [5, 5.41) is 9.82. The van der Waals surface area contributed by atoms with E-state index in [0.29, 0.717) is 4.47 Å². The fourth-order valence-electron chi connectivity index (χ4n) is 2.82. The fraction of sp³-hybridized carbons (Fsp3) is 0.333. The number of sulfonamides is 1. The third-order valence-electron chi connectivity index (χ3n) is 4.06. The van der Waals surface area contributed by atoms with Gasteiger partial charge in [-0.3, -0.25) is 14.1 Å². The second kappa shape index (κ2) is 6.97. The van der Waals surface area contributed by atoms with Crippen molar-refractivity contribution in [3.8, 4) is 5.75 Å². The van der Waals surface area contributed by atoms with Crippen LogP contribution in [0.3, 0.4) is 0 Å². The molecular formula is C15H15BrClN3O4S. The van der Waals surface area contributed by atoms with Crippen LogP contribution in [0.5, 0.6) is 5.75 Å². The van der Waals surface area contributed by atoms with Crippen LogP contribution in [0.15, 0.2) is 34.0 Å². The van der Waals surface area contributed by atoms with Crippen molar-refractivity contribution in [2.75, 3.05) is 4.72 Å². The van der Waals surface area contributed by atoms with Crippen molar-refractivity contribution >= 4 is 49.3 Å². The molecule has 0 aliphatic heterocycles. The standard InChI is InChI=1S/C15H15BrClN3O4S/c16-10-5-11(17)14(21)12(6-10)25(23,24)19-13-7-20(8-18-13)15(22)9-3-1-2-4-9/h5-9,19,21H,1-4H2. The summed E-state index contributed by atoms with van der Waals surface area (Å²) in [6.07, 6.45) is 6.33. The number of hydrogen-bond donors (Lipinski definition) is 2. The van der Waals surface area contributed by atoms with E-state index in [-0.39, 0.29) is 27.6 Å². The van der Waals surface area contributed by atoms with E-state index in [9.17, 15) is 18.3 Å². The number of benzene rings is 1. The lowest BCUT2D eigenvalue weighted by Gasteiger charge is -2.09. The molecule has 0 spiro atoms. The molecule has 1 aliphatic carbocycles. The molecule has 0 amide bonds. The largest absolute Gasteiger partial charge is 0.505 e. The first-order valence-electron chi connectivity index (χ1n) is 7.57. The molecule has 2 aromatic rings. The van der Waals surface area contributed by atoms with Crippen molar-refractivity contribution in [2.45, 2.75) is 30.6 Å². The Bertz CT molecular complexity index is 923. The molecule has 25 heavy (non-hydrogen) atoms. The summed E-state index contributed by atoms with van der Waals surface area (Å²) < 4.78 is 28.9. The number of nitrogens with one attached hydrogen (secondary N) is 1. The Morgan fingerprint density at radius 3 is 2.72 bits per heavy atom. The average molecular weight is 449 g/mol. The summed E-state index contributed by atoms with van der Waals surface area (Å²) in [6.45, 7) is 0. The highest BCUT2D eigenvalue weighted by Gasteiger charge is 2.26. The van der Waals surface area contributed by atoms with Crippen LogP contribution >= 0.6 is 27.5 Å². The van der Waals surface area contributed by atoms with Crippen LogP contribution in [0.2, 0.25) is 5.02 Å². The molecule has 134 valence electrons. The third-order valence-corrected chi connectivity index (χ3v) is 6.18. The van der Waals surface area contributed by atoms with E-state index in [4.69, 9.17) is 11.6 Å². The first kappa shape index (κ1) is 18.2. The number of aromatic hydroxyl groups is 1. The van der Waals surface area contributed by atoms with Gasteiger partial charge >= 0.3 is 0 Å². The third kappa shape index (κ3) is 3.83. The Kier molecular flexibility index (Phi) is 5.08. The SMILES string of the molecule is O=C(C1CCCC1)n1cnc(NS(=O)(=O)c2cc(Br)cc(Cl)c2O)c1. The summed E-state index contributed by atoms with van der Waals surface area (Å²) in [5.41, 5.74) is 0. The molecule has 1 saturated carbocycles. The topological polar surface area (TPSA) is 101 Å². The van der Waals surface area contributed by atoms with Crippen LogP contribution < -0.4 is 4.72 Å². The van der Waals surface area contributed by atoms with Gasteiger partial charge in [0, 0.05) is 10.4 Å². The van der Waals surface area contributed by atoms with Crippen molar-refractivity contribution in [2.24, 2.45) is 5.92 Å². The van der Waals surface area contributed by atoms with E-state index in [2.05, 4.69) is 25.6 Å². The van der Waals surface area contributed by atoms with Gasteiger partial charge in [0.25, 0.3) is 10.0 Å². The zero-order valence-electron chi connectivity index (χ0n) is 12.9. The van der Waals surface area contributed by atoms with Gasteiger partial charge in [-0.25, -0.2) is 13.4 Å². The van der Waals surface area contributed by atoms with E-state index in [1.165, 1.54) is 29.2 Å². The van der Waals surface area contributed by atoms with Crippen molar-refractivity contribution < 1.29 is 18.3 Å². The smallest absolute Gasteiger partial charge is 0.266 e. The Balaban J connectivity index is 1.84. The zero-order valence-corrected chi connectivity index (χ0v) is 16.1. The number of rotatable bonds is 4. The fourth-order valence-corrected chi connectivity index (χ4v) is 4.97. The summed E-state index contributed by atoms with van der Waals surface area (Å²) >= 11 is 8.94. The van der Waals surface area contributed by atoms with Gasteiger partial charge in [-0.15, -0.1) is 0 Å². The van der Waals surface area contributed by atoms with Gasteiger partial charge in [-0.2, -0.15) is 0 Å². The molecule has 1 fully saturated rings. The van der Waals surface area contributed by atoms with Gasteiger partial charge < -0.3 is 5.11 Å². The number of hydrogen-bond acceptors (Lipinski definition) is 5. The highest BCUT2D eigenvalue weighted by Crippen LogP contribution is 2.35. The lowest BCUT2D eigenvalue weighted by molar-refractivity contribution is 0.0837. The van der Waals surface area contributed by atoms with E-state index >= 15 is 0 Å². The molecule has 7 nitrogen and oxygen atoms in total. The number of imidazole rings is 1. The number of carbonyl (C=O) groups is 1. The number of phenolic OH excluding ortho intramolecular Hbond substituents is 1. The van der Waals surface area contributed by atoms with Crippen molar-refractivity contribution in [3.05, 3.63) is 34.2 Å². The minimum absolute atomic E-state index is 0.0122.